The number of nitriles is 1. The molecule has 0 radical (unpaired) electrons. The fourth-order valence-electron chi connectivity index (χ4n) is 3.19. The second-order valence-corrected chi connectivity index (χ2v) is 12.5. The van der Waals surface area contributed by atoms with Gasteiger partial charge in [0, 0.05) is 6.42 Å². The Morgan fingerprint density at radius 2 is 1.30 bits per heavy atom. The molecule has 0 saturated heterocycles. The molecule has 0 unspecified atom stereocenters. The van der Waals surface area contributed by atoms with Gasteiger partial charge in [-0.2, -0.15) is 8.97 Å². The molecule has 11 heteroatoms. The van der Waals surface area contributed by atoms with E-state index in [9.17, 15) is 25.3 Å². The van der Waals surface area contributed by atoms with Gasteiger partial charge < -0.3 is 0 Å². The summed E-state index contributed by atoms with van der Waals surface area (Å²) in [5.74, 6) is -0.393. The maximum atomic E-state index is 13.2. The first-order chi connectivity index (χ1) is 14.1. The maximum absolute atomic E-state index is 13.2. The molecule has 4 bridgehead atoms. The number of hydrogen-bond acceptors (Lipinski definition) is 7. The van der Waals surface area contributed by atoms with Crippen molar-refractivity contribution in [3.8, 4) is 6.07 Å². The van der Waals surface area contributed by atoms with E-state index in [1.165, 1.54) is 36.4 Å². The monoisotopic (exact) mass is 462 g/mol. The number of sulfone groups is 1. The van der Waals surface area contributed by atoms with E-state index in [1.807, 2.05) is 0 Å². The lowest BCUT2D eigenvalue weighted by Gasteiger charge is -2.23. The molecule has 30 heavy (non-hydrogen) atoms. The summed E-state index contributed by atoms with van der Waals surface area (Å²) in [6.45, 7) is 0. The first kappa shape index (κ1) is 20.3. The quantitative estimate of drug-likeness (QED) is 0.582. The van der Waals surface area contributed by atoms with Gasteiger partial charge in [-0.25, -0.2) is 25.3 Å². The molecule has 0 amide bonds. The highest BCUT2D eigenvalue weighted by Crippen LogP contribution is 2.35. The van der Waals surface area contributed by atoms with E-state index < -0.39 is 35.6 Å². The van der Waals surface area contributed by atoms with Gasteiger partial charge in [-0.15, -0.1) is 0 Å². The van der Waals surface area contributed by atoms with Crippen LogP contribution in [0.4, 0.5) is 5.69 Å². The summed E-state index contributed by atoms with van der Waals surface area (Å²) in [5, 5.41) is 9.76. The van der Waals surface area contributed by atoms with Crippen LogP contribution >= 0.6 is 0 Å². The van der Waals surface area contributed by atoms with Crippen LogP contribution in [0.25, 0.3) is 10.8 Å². The summed E-state index contributed by atoms with van der Waals surface area (Å²) in [6, 6.07) is 14.8. The third-order valence-corrected chi connectivity index (χ3v) is 10.6. The minimum Gasteiger partial charge on any atom is -0.224 e. The van der Waals surface area contributed by atoms with Crippen LogP contribution in [0.15, 0.2) is 75.4 Å². The minimum atomic E-state index is -4.50. The molecule has 3 heterocycles. The molecule has 0 saturated carbocycles. The van der Waals surface area contributed by atoms with Gasteiger partial charge in [-0.3, -0.25) is 0 Å². The van der Waals surface area contributed by atoms with Gasteiger partial charge in [0.15, 0.2) is 9.84 Å². The third kappa shape index (κ3) is 3.13. The van der Waals surface area contributed by atoms with Gasteiger partial charge in [0.2, 0.25) is 0 Å². The number of fused-ring (bicyclic) bond motifs is 2. The molecule has 0 aliphatic carbocycles. The van der Waals surface area contributed by atoms with Crippen molar-refractivity contribution in [1.82, 2.24) is 0 Å². The molecule has 8 nitrogen and oxygen atoms in total. The third-order valence-electron chi connectivity index (χ3n) is 4.70. The van der Waals surface area contributed by atoms with Crippen molar-refractivity contribution >= 4 is 46.3 Å². The van der Waals surface area contributed by atoms with Crippen molar-refractivity contribution in [2.45, 2.75) is 21.1 Å². The second kappa shape index (κ2) is 6.80. The van der Waals surface area contributed by atoms with Gasteiger partial charge in [0.05, 0.1) is 32.2 Å². The van der Waals surface area contributed by atoms with E-state index in [2.05, 4.69) is 0 Å². The van der Waals surface area contributed by atoms with Crippen molar-refractivity contribution in [1.29, 1.82) is 5.26 Å². The number of anilines is 1. The van der Waals surface area contributed by atoms with E-state index in [0.717, 1.165) is 24.3 Å². The van der Waals surface area contributed by atoms with Gasteiger partial charge in [-0.1, -0.05) is 12.1 Å². The summed E-state index contributed by atoms with van der Waals surface area (Å²) in [7, 11) is -12.7. The zero-order valence-electron chi connectivity index (χ0n) is 15.3. The number of benzene rings is 3. The molecule has 0 atom stereocenters. The molecule has 154 valence electrons. The van der Waals surface area contributed by atoms with E-state index in [1.54, 1.807) is 6.07 Å². The van der Waals surface area contributed by atoms with Crippen LogP contribution in [0.2, 0.25) is 0 Å². The lowest BCUT2D eigenvalue weighted by molar-refractivity contribution is 0.584. The Bertz CT molecular complexity index is 1460. The molecule has 3 aromatic carbocycles. The molecule has 0 aromatic heterocycles. The summed E-state index contributed by atoms with van der Waals surface area (Å²) in [6.07, 6.45) is -0.197. The van der Waals surface area contributed by atoms with Crippen molar-refractivity contribution in [2.24, 2.45) is 0 Å². The van der Waals surface area contributed by atoms with Gasteiger partial charge in [0.1, 0.15) is 0 Å². The van der Waals surface area contributed by atoms with Crippen LogP contribution in [0, 0.1) is 11.3 Å². The number of hydrogen-bond donors (Lipinski definition) is 0. The van der Waals surface area contributed by atoms with Crippen LogP contribution in [-0.2, 0) is 29.9 Å². The highest BCUT2D eigenvalue weighted by molar-refractivity contribution is 8.10. The van der Waals surface area contributed by atoms with Crippen LogP contribution in [0.1, 0.15) is 6.42 Å². The lowest BCUT2D eigenvalue weighted by Crippen LogP contribution is -2.36. The van der Waals surface area contributed by atoms with Crippen molar-refractivity contribution < 1.29 is 25.3 Å². The molecule has 0 N–H and O–H groups in total. The van der Waals surface area contributed by atoms with Crippen molar-refractivity contribution in [2.75, 3.05) is 9.46 Å². The number of rotatable bonds is 4. The molecule has 6 rings (SSSR count). The molecule has 3 aromatic rings. The van der Waals surface area contributed by atoms with E-state index in [-0.39, 0.29) is 26.8 Å². The smallest absolute Gasteiger partial charge is 0.224 e. The Balaban J connectivity index is 1.91. The minimum absolute atomic E-state index is 0.133. The predicted molar refractivity (Wildman–Crippen MR) is 110 cm³/mol. The van der Waals surface area contributed by atoms with E-state index >= 15 is 0 Å². The Kier molecular flexibility index (Phi) is 4.61. The summed E-state index contributed by atoms with van der Waals surface area (Å²) in [4.78, 5) is -0.528. The number of nitrogens with zero attached hydrogens (tertiary/aromatic N) is 2. The molecular formula is C19H14N2O6S3. The molecule has 0 spiro atoms. The second-order valence-electron chi connectivity index (χ2n) is 6.60. The highest BCUT2D eigenvalue weighted by Gasteiger charge is 2.38. The normalized spacial score (nSPS) is 16.8. The standard InChI is InChI=1S/C19H14N2O6S3/c20-10-1-11-28(22,23)17-8-4-16(5-9-17)21-29(24,25)18-6-2-14-12-19(30(21,26)27)7-3-15(14)13-18/h2-9,12-13H,1,11H2. The molecular weight excluding hydrogens is 448 g/mol. The van der Waals surface area contributed by atoms with Crippen LogP contribution < -0.4 is 3.71 Å². The average Bonchev–Trinajstić information content (AvgIpc) is 2.76. The fourth-order valence-corrected chi connectivity index (χ4v) is 8.10. The van der Waals surface area contributed by atoms with Crippen molar-refractivity contribution in [3.63, 3.8) is 0 Å². The molecule has 3 aliphatic heterocycles. The lowest BCUT2D eigenvalue weighted by atomic mass is 10.1. The Morgan fingerprint density at radius 1 is 0.800 bits per heavy atom. The Labute approximate surface area is 174 Å². The van der Waals surface area contributed by atoms with Crippen LogP contribution in [0.5, 0.6) is 0 Å². The van der Waals surface area contributed by atoms with Crippen LogP contribution in [0.3, 0.4) is 0 Å². The van der Waals surface area contributed by atoms with Crippen molar-refractivity contribution in [3.05, 3.63) is 60.7 Å². The van der Waals surface area contributed by atoms with Gasteiger partial charge in [-0.05, 0) is 59.3 Å². The summed E-state index contributed by atoms with van der Waals surface area (Å²) in [5.41, 5.74) is -0.221. The SMILES string of the molecule is N#CCCS(=O)(=O)c1ccc(N2S(=O)(=O)c3ccc4cc(ccc4c3)S2(=O)=O)cc1. The van der Waals surface area contributed by atoms with Crippen LogP contribution in [-0.4, -0.2) is 31.0 Å². The zero-order valence-corrected chi connectivity index (χ0v) is 17.7. The predicted octanol–water partition coefficient (Wildman–Crippen LogP) is 2.42. The fraction of sp³-hybridized carbons (Fsp3) is 0.105. The Hall–Kier alpha value is -2.94. The summed E-state index contributed by atoms with van der Waals surface area (Å²) < 4.78 is 77.8. The maximum Gasteiger partial charge on any atom is 0.277 e. The molecule has 3 aliphatic rings. The zero-order chi connectivity index (χ0) is 21.7. The number of sulfonamides is 2. The first-order valence-electron chi connectivity index (χ1n) is 8.61. The highest BCUT2D eigenvalue weighted by atomic mass is 32.3. The average molecular weight is 463 g/mol. The van der Waals surface area contributed by atoms with Gasteiger partial charge in [0.25, 0.3) is 20.0 Å². The van der Waals surface area contributed by atoms with E-state index in [0.29, 0.717) is 14.5 Å². The largest absolute Gasteiger partial charge is 0.277 e. The first-order valence-corrected chi connectivity index (χ1v) is 13.1. The topological polar surface area (TPSA) is 129 Å². The Morgan fingerprint density at radius 3 is 1.77 bits per heavy atom. The molecule has 0 fully saturated rings. The van der Waals surface area contributed by atoms with Gasteiger partial charge >= 0.3 is 0 Å². The summed E-state index contributed by atoms with van der Waals surface area (Å²) >= 11 is 0. The van der Waals surface area contributed by atoms with E-state index in [4.69, 9.17) is 5.26 Å².